The van der Waals surface area contributed by atoms with Crippen LogP contribution in [0.3, 0.4) is 0 Å². The zero-order valence-electron chi connectivity index (χ0n) is 39.5. The van der Waals surface area contributed by atoms with Gasteiger partial charge in [0, 0.05) is 45.4 Å². The topological polar surface area (TPSA) is 54.1 Å². The summed E-state index contributed by atoms with van der Waals surface area (Å²) in [4.78, 5) is 3.35. The molecule has 0 saturated carbocycles. The van der Waals surface area contributed by atoms with Crippen LogP contribution in [0.4, 0.5) is 51.7 Å². The molecule has 70 heavy (non-hydrogen) atoms. The highest BCUT2D eigenvalue weighted by molar-refractivity contribution is 6.28. The summed E-state index contributed by atoms with van der Waals surface area (Å²) in [6.07, 6.45) is 0. The van der Waals surface area contributed by atoms with E-state index in [1.807, 2.05) is 126 Å². The largest absolute Gasteiger partial charge is 0.307 e. The molecule has 0 aliphatic heterocycles. The van der Waals surface area contributed by atoms with Crippen LogP contribution in [0.25, 0.3) is 54.6 Å². The maximum Gasteiger partial charge on any atom is 0.148 e. The van der Waals surface area contributed by atoms with Crippen molar-refractivity contribution in [2.24, 2.45) is 0 Å². The van der Waals surface area contributed by atoms with Crippen molar-refractivity contribution in [3.05, 3.63) is 215 Å². The normalized spacial score (nSPS) is 11.8. The first-order valence-electron chi connectivity index (χ1n) is 23.0. The first kappa shape index (κ1) is 45.3. The molecular formula is C62H46F4N4. The molecule has 0 heterocycles. The smallest absolute Gasteiger partial charge is 0.148 e. The molecule has 0 aliphatic carbocycles. The number of anilines is 6. The second-order valence-electron chi connectivity index (χ2n) is 19.7. The molecule has 10 aromatic carbocycles. The maximum absolute atomic E-state index is 17.1. The van der Waals surface area contributed by atoms with Gasteiger partial charge in [0.2, 0.25) is 0 Å². The van der Waals surface area contributed by atoms with E-state index in [1.54, 1.807) is 70.5 Å². The van der Waals surface area contributed by atoms with Crippen LogP contribution in [0.2, 0.25) is 0 Å². The zero-order valence-corrected chi connectivity index (χ0v) is 39.5. The summed E-state index contributed by atoms with van der Waals surface area (Å²) in [5, 5.41) is 24.2. The Morgan fingerprint density at radius 3 is 1.09 bits per heavy atom. The molecule has 10 rings (SSSR count). The van der Waals surface area contributed by atoms with Crippen molar-refractivity contribution in [1.29, 1.82) is 10.5 Å². The third kappa shape index (κ3) is 7.82. The van der Waals surface area contributed by atoms with Crippen molar-refractivity contribution in [3.8, 4) is 34.4 Å². The number of benzene rings is 10. The Balaban J connectivity index is 1.19. The van der Waals surface area contributed by atoms with E-state index in [0.717, 1.165) is 32.7 Å². The van der Waals surface area contributed by atoms with Gasteiger partial charge in [-0.05, 0) is 127 Å². The summed E-state index contributed by atoms with van der Waals surface area (Å²) in [6.45, 7) is 12.2. The quantitative estimate of drug-likeness (QED) is 0.113. The number of nitrogens with zero attached hydrogens (tertiary/aromatic N) is 4. The van der Waals surface area contributed by atoms with E-state index >= 15 is 17.6 Å². The molecule has 0 amide bonds. The molecule has 0 unspecified atom stereocenters. The first-order chi connectivity index (χ1) is 33.5. The Hall–Kier alpha value is -8.46. The third-order valence-corrected chi connectivity index (χ3v) is 13.2. The lowest BCUT2D eigenvalue weighted by Gasteiger charge is -2.30. The monoisotopic (exact) mass is 922 g/mol. The van der Waals surface area contributed by atoms with Gasteiger partial charge in [-0.1, -0.05) is 126 Å². The van der Waals surface area contributed by atoms with Crippen LogP contribution in [-0.2, 0) is 10.8 Å². The molecule has 0 fully saturated rings. The summed E-state index contributed by atoms with van der Waals surface area (Å²) in [5.74, 6) is -2.52. The molecular weight excluding hydrogens is 877 g/mol. The number of hydrogen-bond donors (Lipinski definition) is 0. The molecule has 342 valence electrons. The van der Waals surface area contributed by atoms with E-state index in [1.165, 1.54) is 24.3 Å². The van der Waals surface area contributed by atoms with Crippen molar-refractivity contribution in [2.75, 3.05) is 9.80 Å². The standard InChI is InChI=1S/C62H46F4N4/c1-61(2,3)49-13-9-7-11-43(49)47-31-53(65)57(33-51(47)63)69(41-23-15-37(35-67)16-24-41)55-29-21-39-20-28-46-56(30-22-40-19-27-45(55)59(39)60(40)46)70(42-25-17-38(36-68)18-26-42)58-34-52(64)48(32-54(58)66)44-12-8-10-14-50(44)62(4,5)6/h7-34H,1-6H3. The van der Waals surface area contributed by atoms with E-state index in [4.69, 9.17) is 0 Å². The summed E-state index contributed by atoms with van der Waals surface area (Å²) in [5.41, 5.74) is 5.35. The lowest BCUT2D eigenvalue weighted by atomic mass is 9.81. The van der Waals surface area contributed by atoms with Crippen molar-refractivity contribution < 1.29 is 17.6 Å². The van der Waals surface area contributed by atoms with Crippen molar-refractivity contribution in [1.82, 2.24) is 0 Å². The van der Waals surface area contributed by atoms with Crippen LogP contribution in [0.5, 0.6) is 0 Å². The number of halogens is 4. The van der Waals surface area contributed by atoms with E-state index in [9.17, 15) is 10.5 Å². The first-order valence-corrected chi connectivity index (χ1v) is 23.0. The van der Waals surface area contributed by atoms with Gasteiger partial charge in [-0.25, -0.2) is 17.6 Å². The molecule has 0 aliphatic rings. The summed E-state index contributed by atoms with van der Waals surface area (Å²) >= 11 is 0. The van der Waals surface area contributed by atoms with Crippen LogP contribution in [0, 0.1) is 45.9 Å². The Kier molecular flexibility index (Phi) is 11.2. The molecule has 0 aromatic heterocycles. The van der Waals surface area contributed by atoms with Gasteiger partial charge in [0.15, 0.2) is 0 Å². The molecule has 0 radical (unpaired) electrons. The van der Waals surface area contributed by atoms with E-state index < -0.39 is 23.3 Å². The molecule has 0 spiro atoms. The van der Waals surface area contributed by atoms with Gasteiger partial charge >= 0.3 is 0 Å². The molecule has 0 bridgehead atoms. The highest BCUT2D eigenvalue weighted by Crippen LogP contribution is 2.49. The van der Waals surface area contributed by atoms with Crippen LogP contribution >= 0.6 is 0 Å². The number of rotatable bonds is 8. The molecule has 0 saturated heterocycles. The summed E-state index contributed by atoms with van der Waals surface area (Å²) in [7, 11) is 0. The number of nitriles is 2. The Morgan fingerprint density at radius 1 is 0.371 bits per heavy atom. The average Bonchev–Trinajstić information content (AvgIpc) is 3.35. The minimum absolute atomic E-state index is 0.0343. The van der Waals surface area contributed by atoms with Crippen LogP contribution in [-0.4, -0.2) is 0 Å². The van der Waals surface area contributed by atoms with Crippen LogP contribution < -0.4 is 9.80 Å². The third-order valence-electron chi connectivity index (χ3n) is 13.2. The fourth-order valence-electron chi connectivity index (χ4n) is 9.92. The lowest BCUT2D eigenvalue weighted by molar-refractivity contribution is 0.586. The van der Waals surface area contributed by atoms with Gasteiger partial charge in [-0.3, -0.25) is 0 Å². The van der Waals surface area contributed by atoms with Crippen molar-refractivity contribution >= 4 is 66.4 Å². The van der Waals surface area contributed by atoms with E-state index in [0.29, 0.717) is 55.8 Å². The molecule has 0 atom stereocenters. The van der Waals surface area contributed by atoms with Gasteiger partial charge in [0.05, 0.1) is 46.0 Å². The predicted octanol–water partition coefficient (Wildman–Crippen LogP) is 17.8. The van der Waals surface area contributed by atoms with Crippen LogP contribution in [0.1, 0.15) is 63.8 Å². The minimum Gasteiger partial charge on any atom is -0.307 e. The van der Waals surface area contributed by atoms with Gasteiger partial charge < -0.3 is 9.80 Å². The molecule has 10 aromatic rings. The van der Waals surface area contributed by atoms with E-state index in [-0.39, 0.29) is 33.3 Å². The van der Waals surface area contributed by atoms with Gasteiger partial charge in [-0.15, -0.1) is 0 Å². The highest BCUT2D eigenvalue weighted by Gasteiger charge is 2.28. The lowest BCUT2D eigenvalue weighted by Crippen LogP contribution is -2.15. The second kappa shape index (κ2) is 17.3. The maximum atomic E-state index is 17.1. The minimum atomic E-state index is -0.655. The fraction of sp³-hybridized carbons (Fsp3) is 0.129. The predicted molar refractivity (Wildman–Crippen MR) is 277 cm³/mol. The molecule has 4 nitrogen and oxygen atoms in total. The van der Waals surface area contributed by atoms with E-state index in [2.05, 4.69) is 12.1 Å². The zero-order chi connectivity index (χ0) is 49.2. The van der Waals surface area contributed by atoms with Crippen molar-refractivity contribution in [2.45, 2.75) is 52.4 Å². The number of hydrogen-bond acceptors (Lipinski definition) is 4. The second-order valence-corrected chi connectivity index (χ2v) is 19.7. The Labute approximate surface area is 404 Å². The Morgan fingerprint density at radius 2 is 0.729 bits per heavy atom. The molecule has 0 N–H and O–H groups in total. The van der Waals surface area contributed by atoms with Gasteiger partial charge in [0.25, 0.3) is 0 Å². The average molecular weight is 923 g/mol. The summed E-state index contributed by atoms with van der Waals surface area (Å²) < 4.78 is 67.9. The van der Waals surface area contributed by atoms with Crippen molar-refractivity contribution in [3.63, 3.8) is 0 Å². The SMILES string of the molecule is CC(C)(C)c1ccccc1-c1cc(F)c(N(c2ccc(C#N)cc2)c2ccc3ccc4c(N(c5ccc(C#N)cc5)c5cc(F)c(-c6ccccc6C(C)(C)C)cc5F)ccc5ccc2c3c54)cc1F. The highest BCUT2D eigenvalue weighted by atomic mass is 19.1. The fourth-order valence-corrected chi connectivity index (χ4v) is 9.92. The Bertz CT molecular complexity index is 3510. The van der Waals surface area contributed by atoms with Crippen LogP contribution in [0.15, 0.2) is 170 Å². The summed E-state index contributed by atoms with van der Waals surface area (Å²) in [6, 6.07) is 53.1. The van der Waals surface area contributed by atoms with Gasteiger partial charge in [0.1, 0.15) is 23.3 Å². The molecule has 8 heteroatoms. The van der Waals surface area contributed by atoms with Gasteiger partial charge in [-0.2, -0.15) is 10.5 Å².